The molecule has 31 heavy (non-hydrogen) atoms. The predicted octanol–water partition coefficient (Wildman–Crippen LogP) is 2.78. The molecule has 11 heteroatoms. The zero-order valence-electron chi connectivity index (χ0n) is 16.4. The van der Waals surface area contributed by atoms with E-state index in [1.54, 1.807) is 16.8 Å². The molecule has 0 bridgehead atoms. The highest BCUT2D eigenvalue weighted by atomic mass is 35.5. The number of rotatable bonds is 7. The summed E-state index contributed by atoms with van der Waals surface area (Å²) >= 11 is 12.3. The number of nitrogens with zero attached hydrogens (tertiary/aromatic N) is 3. The average molecular weight is 488 g/mol. The fourth-order valence-electron chi connectivity index (χ4n) is 3.89. The van der Waals surface area contributed by atoms with E-state index in [-0.39, 0.29) is 6.61 Å². The highest BCUT2D eigenvalue weighted by Gasteiger charge is 2.46. The average Bonchev–Trinajstić information content (AvgIpc) is 3.47. The molecule has 2 aliphatic rings. The van der Waals surface area contributed by atoms with Gasteiger partial charge in [0.1, 0.15) is 12.1 Å². The summed E-state index contributed by atoms with van der Waals surface area (Å²) in [6, 6.07) is 4.64. The highest BCUT2D eigenvalue weighted by molar-refractivity contribution is 8.17. The van der Waals surface area contributed by atoms with Gasteiger partial charge in [0.05, 0.1) is 40.8 Å². The molecule has 0 amide bonds. The zero-order chi connectivity index (χ0) is 22.1. The van der Waals surface area contributed by atoms with Crippen LogP contribution in [-0.2, 0) is 9.53 Å². The van der Waals surface area contributed by atoms with Gasteiger partial charge < -0.3 is 20.1 Å². The van der Waals surface area contributed by atoms with E-state index < -0.39 is 40.4 Å². The SMILES string of the molecule is O=C(O)/C=C/O[C@H]1C[SH](c2ccc(Cl)c(Cl)c2)[C@H](CO)[C@H](O)[C@@H]1n1cc(C2CC2)nn1. The molecule has 1 aliphatic heterocycles. The summed E-state index contributed by atoms with van der Waals surface area (Å²) in [6.07, 6.45) is 4.39. The van der Waals surface area contributed by atoms with Crippen molar-refractivity contribution in [2.24, 2.45) is 0 Å². The number of thiol groups is 1. The van der Waals surface area contributed by atoms with Crippen molar-refractivity contribution in [1.29, 1.82) is 0 Å². The fraction of sp³-hybridized carbons (Fsp3) is 0.450. The van der Waals surface area contributed by atoms with Crippen molar-refractivity contribution in [1.82, 2.24) is 15.0 Å². The summed E-state index contributed by atoms with van der Waals surface area (Å²) in [5, 5.41) is 39.1. The highest BCUT2D eigenvalue weighted by Crippen LogP contribution is 2.51. The minimum absolute atomic E-state index is 0.231. The van der Waals surface area contributed by atoms with Crippen molar-refractivity contribution < 1.29 is 24.9 Å². The number of aromatic nitrogens is 3. The van der Waals surface area contributed by atoms with Gasteiger partial charge in [-0.25, -0.2) is 20.4 Å². The van der Waals surface area contributed by atoms with Crippen LogP contribution in [-0.4, -0.2) is 66.1 Å². The van der Waals surface area contributed by atoms with Gasteiger partial charge in [-0.15, -0.1) is 5.10 Å². The molecule has 2 aromatic rings. The molecule has 2 fully saturated rings. The largest absolute Gasteiger partial charge is 0.495 e. The van der Waals surface area contributed by atoms with Crippen molar-refractivity contribution in [3.05, 3.63) is 52.5 Å². The zero-order valence-corrected chi connectivity index (χ0v) is 18.8. The maximum atomic E-state index is 11.3. The Morgan fingerprint density at radius 3 is 2.74 bits per heavy atom. The van der Waals surface area contributed by atoms with Crippen molar-refractivity contribution in [2.75, 3.05) is 12.4 Å². The van der Waals surface area contributed by atoms with Crippen LogP contribution in [0, 0.1) is 0 Å². The second-order valence-electron chi connectivity index (χ2n) is 7.70. The third-order valence-corrected chi connectivity index (χ3v) is 9.32. The third-order valence-electron chi connectivity index (χ3n) is 5.62. The lowest BCUT2D eigenvalue weighted by Gasteiger charge is -2.46. The van der Waals surface area contributed by atoms with Crippen LogP contribution in [0.1, 0.15) is 30.5 Å². The molecule has 0 radical (unpaired) electrons. The predicted molar refractivity (Wildman–Crippen MR) is 118 cm³/mol. The standard InChI is InChI=1S/C20H23Cl2N3O5S/c21-13-4-3-12(7-14(13)22)31-10-16(30-6-5-18(27)28)19(20(29)17(31)9-26)25-8-15(23-24-25)11-1-2-11/h3-8,11,16-17,19-20,26,29,31H,1-2,9-10H2,(H,27,28)/b6-5+/t16-,17+,19+,20-/m0/s1. The number of benzene rings is 1. The van der Waals surface area contributed by atoms with Gasteiger partial charge in [-0.1, -0.05) is 28.4 Å². The number of halogens is 2. The monoisotopic (exact) mass is 487 g/mol. The Hall–Kier alpha value is -1.78. The molecule has 8 nitrogen and oxygen atoms in total. The Labute approximate surface area is 191 Å². The van der Waals surface area contributed by atoms with Gasteiger partial charge in [-0.05, 0) is 35.9 Å². The molecule has 4 rings (SSSR count). The van der Waals surface area contributed by atoms with Crippen LogP contribution >= 0.6 is 34.1 Å². The number of aliphatic hydroxyl groups is 2. The first-order valence-electron chi connectivity index (χ1n) is 9.86. The van der Waals surface area contributed by atoms with Crippen molar-refractivity contribution >= 4 is 40.1 Å². The van der Waals surface area contributed by atoms with Crippen LogP contribution in [0.4, 0.5) is 0 Å². The van der Waals surface area contributed by atoms with E-state index in [1.165, 1.54) is 0 Å². The maximum Gasteiger partial charge on any atom is 0.331 e. The smallest absolute Gasteiger partial charge is 0.331 e. The van der Waals surface area contributed by atoms with E-state index in [0.29, 0.717) is 21.7 Å². The number of hydrogen-bond donors (Lipinski definition) is 4. The molecule has 168 valence electrons. The number of aliphatic hydroxyl groups excluding tert-OH is 2. The van der Waals surface area contributed by atoms with Gasteiger partial charge in [0.25, 0.3) is 0 Å². The molecule has 1 saturated carbocycles. The van der Waals surface area contributed by atoms with Crippen molar-refractivity contribution in [2.45, 2.75) is 47.2 Å². The summed E-state index contributed by atoms with van der Waals surface area (Å²) in [6.45, 7) is -0.231. The van der Waals surface area contributed by atoms with Crippen LogP contribution in [0.5, 0.6) is 0 Å². The summed E-state index contributed by atoms with van der Waals surface area (Å²) in [5.41, 5.74) is 0.866. The third kappa shape index (κ3) is 4.85. The van der Waals surface area contributed by atoms with Gasteiger partial charge in [0.2, 0.25) is 0 Å². The second-order valence-corrected chi connectivity index (χ2v) is 11.0. The summed E-state index contributed by atoms with van der Waals surface area (Å²) in [5.74, 6) is -0.282. The lowest BCUT2D eigenvalue weighted by atomic mass is 10.0. The molecule has 1 aliphatic carbocycles. The number of carbonyl (C=O) groups is 1. The molecule has 1 saturated heterocycles. The first-order valence-corrected chi connectivity index (χ1v) is 12.2. The Kier molecular flexibility index (Phi) is 6.78. The summed E-state index contributed by atoms with van der Waals surface area (Å²) in [4.78, 5) is 11.8. The van der Waals surface area contributed by atoms with E-state index in [4.69, 9.17) is 33.0 Å². The van der Waals surface area contributed by atoms with Gasteiger partial charge in [0, 0.05) is 23.1 Å². The van der Waals surface area contributed by atoms with Crippen LogP contribution in [0.15, 0.2) is 41.6 Å². The lowest BCUT2D eigenvalue weighted by molar-refractivity contribution is -0.131. The molecule has 2 heterocycles. The Balaban J connectivity index is 1.67. The van der Waals surface area contributed by atoms with Crippen molar-refractivity contribution in [3.63, 3.8) is 0 Å². The van der Waals surface area contributed by atoms with Gasteiger partial charge in [-0.3, -0.25) is 0 Å². The van der Waals surface area contributed by atoms with Gasteiger partial charge in [-0.2, -0.15) is 0 Å². The quantitative estimate of drug-likeness (QED) is 0.269. The molecule has 1 aromatic heterocycles. The van der Waals surface area contributed by atoms with Crippen LogP contribution < -0.4 is 0 Å². The normalized spacial score (nSPS) is 29.9. The topological polar surface area (TPSA) is 118 Å². The van der Waals surface area contributed by atoms with Gasteiger partial charge >= 0.3 is 5.97 Å². The first-order chi connectivity index (χ1) is 14.9. The van der Waals surface area contributed by atoms with E-state index >= 15 is 0 Å². The van der Waals surface area contributed by atoms with E-state index in [1.807, 2.05) is 12.3 Å². The number of ether oxygens (including phenoxy) is 1. The Bertz CT molecular complexity index is 983. The van der Waals surface area contributed by atoms with E-state index in [9.17, 15) is 15.0 Å². The first kappa shape index (κ1) is 22.4. The summed E-state index contributed by atoms with van der Waals surface area (Å²) < 4.78 is 7.37. The Morgan fingerprint density at radius 2 is 2.10 bits per heavy atom. The van der Waals surface area contributed by atoms with Crippen LogP contribution in [0.3, 0.4) is 0 Å². The molecule has 5 atom stereocenters. The molecule has 3 N–H and O–H groups in total. The van der Waals surface area contributed by atoms with Crippen LogP contribution in [0.25, 0.3) is 0 Å². The number of aliphatic carboxylic acids is 1. The van der Waals surface area contributed by atoms with Crippen LogP contribution in [0.2, 0.25) is 10.0 Å². The maximum absolute atomic E-state index is 11.3. The fourth-order valence-corrected chi connectivity index (χ4v) is 7.12. The molecular formula is C20H23Cl2N3O5S. The van der Waals surface area contributed by atoms with Crippen molar-refractivity contribution in [3.8, 4) is 0 Å². The minimum atomic E-state index is -1.13. The molecule has 1 unspecified atom stereocenters. The number of carboxylic acids is 1. The summed E-state index contributed by atoms with van der Waals surface area (Å²) in [7, 11) is -1.09. The number of hydrogen-bond acceptors (Lipinski definition) is 6. The molecule has 1 aromatic carbocycles. The van der Waals surface area contributed by atoms with E-state index in [0.717, 1.165) is 35.8 Å². The van der Waals surface area contributed by atoms with E-state index in [2.05, 4.69) is 10.3 Å². The van der Waals surface area contributed by atoms with Gasteiger partial charge in [0.15, 0.2) is 0 Å². The lowest BCUT2D eigenvalue weighted by Crippen LogP contribution is -2.50. The number of carboxylic acid groups (broad SMARTS) is 1. The minimum Gasteiger partial charge on any atom is -0.495 e. The molecule has 0 spiro atoms. The molecular weight excluding hydrogens is 465 g/mol. The second kappa shape index (κ2) is 9.38. The Morgan fingerprint density at radius 1 is 1.32 bits per heavy atom.